The van der Waals surface area contributed by atoms with Gasteiger partial charge in [0.15, 0.2) is 0 Å². The second-order valence-corrected chi connectivity index (χ2v) is 4.60. The van der Waals surface area contributed by atoms with Gasteiger partial charge in [0.1, 0.15) is 12.1 Å². The summed E-state index contributed by atoms with van der Waals surface area (Å²) < 4.78 is 5.50. The van der Waals surface area contributed by atoms with E-state index in [1.165, 1.54) is 0 Å². The molecule has 0 radical (unpaired) electrons. The van der Waals surface area contributed by atoms with Crippen molar-refractivity contribution in [3.63, 3.8) is 0 Å². The molecule has 17 heavy (non-hydrogen) atoms. The van der Waals surface area contributed by atoms with Crippen LogP contribution in [0.5, 0.6) is 0 Å². The van der Waals surface area contributed by atoms with Gasteiger partial charge >= 0.3 is 0 Å². The molecule has 0 saturated carbocycles. The zero-order valence-electron chi connectivity index (χ0n) is 10.3. The molecule has 96 valence electrons. The topological polar surface area (TPSA) is 58.6 Å². The second-order valence-electron chi connectivity index (χ2n) is 4.60. The van der Waals surface area contributed by atoms with Crippen LogP contribution in [0.2, 0.25) is 0 Å². The standard InChI is InChI=1S/C12H20N2O3/c1-2-9-11(15)13-6-7-14(9)12(16)10-5-3-4-8-17-10/h9-10H,2-8H2,1H3,(H,13,15). The summed E-state index contributed by atoms with van der Waals surface area (Å²) in [5.41, 5.74) is 0. The first-order valence-corrected chi connectivity index (χ1v) is 6.44. The summed E-state index contributed by atoms with van der Waals surface area (Å²) in [7, 11) is 0. The Morgan fingerprint density at radius 3 is 3.00 bits per heavy atom. The summed E-state index contributed by atoms with van der Waals surface area (Å²) in [5.74, 6) is -0.0469. The number of piperazine rings is 1. The van der Waals surface area contributed by atoms with Crippen molar-refractivity contribution in [1.29, 1.82) is 0 Å². The van der Waals surface area contributed by atoms with Crippen LogP contribution in [-0.2, 0) is 14.3 Å². The molecule has 2 aliphatic rings. The normalized spacial score (nSPS) is 29.9. The number of rotatable bonds is 2. The average Bonchev–Trinajstić information content (AvgIpc) is 2.38. The highest BCUT2D eigenvalue weighted by molar-refractivity contribution is 5.90. The van der Waals surface area contributed by atoms with E-state index in [4.69, 9.17) is 4.74 Å². The molecule has 2 unspecified atom stereocenters. The zero-order valence-corrected chi connectivity index (χ0v) is 10.3. The molecule has 5 heteroatoms. The molecule has 1 N–H and O–H groups in total. The Kier molecular flexibility index (Phi) is 3.99. The van der Waals surface area contributed by atoms with E-state index in [1.54, 1.807) is 4.90 Å². The fourth-order valence-electron chi connectivity index (χ4n) is 2.50. The molecular weight excluding hydrogens is 220 g/mol. The summed E-state index contributed by atoms with van der Waals surface area (Å²) in [6.07, 6.45) is 3.18. The Labute approximate surface area is 101 Å². The van der Waals surface area contributed by atoms with Gasteiger partial charge in [-0.2, -0.15) is 0 Å². The first kappa shape index (κ1) is 12.4. The zero-order chi connectivity index (χ0) is 12.3. The van der Waals surface area contributed by atoms with Gasteiger partial charge in [0, 0.05) is 19.7 Å². The van der Waals surface area contributed by atoms with Crippen LogP contribution in [0.15, 0.2) is 0 Å². The lowest BCUT2D eigenvalue weighted by atomic mass is 10.0. The van der Waals surface area contributed by atoms with Crippen molar-refractivity contribution in [2.24, 2.45) is 0 Å². The summed E-state index contributed by atoms with van der Waals surface area (Å²) in [6, 6.07) is -0.318. The van der Waals surface area contributed by atoms with Gasteiger partial charge in [0.25, 0.3) is 5.91 Å². The molecule has 0 aliphatic carbocycles. The van der Waals surface area contributed by atoms with E-state index < -0.39 is 0 Å². The monoisotopic (exact) mass is 240 g/mol. The molecule has 0 spiro atoms. The van der Waals surface area contributed by atoms with Crippen molar-refractivity contribution in [2.45, 2.75) is 44.8 Å². The summed E-state index contributed by atoms with van der Waals surface area (Å²) in [5, 5.41) is 2.80. The van der Waals surface area contributed by atoms with E-state index in [0.717, 1.165) is 19.3 Å². The predicted molar refractivity (Wildman–Crippen MR) is 62.4 cm³/mol. The summed E-state index contributed by atoms with van der Waals surface area (Å²) in [6.45, 7) is 3.74. The van der Waals surface area contributed by atoms with Crippen molar-refractivity contribution in [2.75, 3.05) is 19.7 Å². The first-order chi connectivity index (χ1) is 8.24. The molecular formula is C12H20N2O3. The Morgan fingerprint density at radius 2 is 2.35 bits per heavy atom. The fourth-order valence-corrected chi connectivity index (χ4v) is 2.50. The molecule has 0 aromatic carbocycles. The smallest absolute Gasteiger partial charge is 0.252 e. The van der Waals surface area contributed by atoms with Crippen LogP contribution in [0.3, 0.4) is 0 Å². The van der Waals surface area contributed by atoms with Crippen LogP contribution in [0, 0.1) is 0 Å². The van der Waals surface area contributed by atoms with Crippen molar-refractivity contribution in [1.82, 2.24) is 10.2 Å². The lowest BCUT2D eigenvalue weighted by molar-refractivity contribution is -0.154. The van der Waals surface area contributed by atoms with Gasteiger partial charge < -0.3 is 15.0 Å². The Hall–Kier alpha value is -1.10. The number of nitrogens with one attached hydrogen (secondary N) is 1. The lowest BCUT2D eigenvalue weighted by Crippen LogP contribution is -2.59. The van der Waals surface area contributed by atoms with Crippen LogP contribution in [0.25, 0.3) is 0 Å². The van der Waals surface area contributed by atoms with Crippen LogP contribution < -0.4 is 5.32 Å². The number of amides is 2. The minimum Gasteiger partial charge on any atom is -0.368 e. The third-order valence-corrected chi connectivity index (χ3v) is 3.46. The van der Waals surface area contributed by atoms with Gasteiger partial charge in [-0.1, -0.05) is 6.92 Å². The van der Waals surface area contributed by atoms with E-state index in [2.05, 4.69) is 5.32 Å². The average molecular weight is 240 g/mol. The quantitative estimate of drug-likeness (QED) is 0.755. The predicted octanol–water partition coefficient (Wildman–Crippen LogP) is 0.293. The largest absolute Gasteiger partial charge is 0.368 e. The van der Waals surface area contributed by atoms with Gasteiger partial charge in [-0.15, -0.1) is 0 Å². The maximum atomic E-state index is 12.3. The molecule has 2 rings (SSSR count). The van der Waals surface area contributed by atoms with Crippen LogP contribution >= 0.6 is 0 Å². The maximum Gasteiger partial charge on any atom is 0.252 e. The molecule has 2 amide bonds. The Bertz CT molecular complexity index is 300. The number of nitrogens with zero attached hydrogens (tertiary/aromatic N) is 1. The van der Waals surface area contributed by atoms with E-state index in [-0.39, 0.29) is 24.0 Å². The molecule has 2 fully saturated rings. The van der Waals surface area contributed by atoms with Crippen molar-refractivity contribution in [3.8, 4) is 0 Å². The Morgan fingerprint density at radius 1 is 1.53 bits per heavy atom. The van der Waals surface area contributed by atoms with Crippen molar-refractivity contribution >= 4 is 11.8 Å². The van der Waals surface area contributed by atoms with E-state index in [0.29, 0.717) is 26.1 Å². The van der Waals surface area contributed by atoms with E-state index in [9.17, 15) is 9.59 Å². The maximum absolute atomic E-state index is 12.3. The molecule has 2 atom stereocenters. The molecule has 0 aromatic heterocycles. The number of carbonyl (C=O) groups excluding carboxylic acids is 2. The number of ether oxygens (including phenoxy) is 1. The van der Waals surface area contributed by atoms with Crippen LogP contribution in [0.4, 0.5) is 0 Å². The molecule has 2 saturated heterocycles. The molecule has 2 aliphatic heterocycles. The second kappa shape index (κ2) is 5.49. The first-order valence-electron chi connectivity index (χ1n) is 6.44. The van der Waals surface area contributed by atoms with Gasteiger partial charge in [0.05, 0.1) is 0 Å². The highest BCUT2D eigenvalue weighted by Crippen LogP contribution is 2.18. The van der Waals surface area contributed by atoms with Crippen molar-refractivity contribution < 1.29 is 14.3 Å². The van der Waals surface area contributed by atoms with E-state index in [1.807, 2.05) is 6.92 Å². The summed E-state index contributed by atoms with van der Waals surface area (Å²) >= 11 is 0. The number of carbonyl (C=O) groups is 2. The highest BCUT2D eigenvalue weighted by atomic mass is 16.5. The van der Waals surface area contributed by atoms with E-state index >= 15 is 0 Å². The Balaban J connectivity index is 2.03. The molecule has 2 heterocycles. The molecule has 5 nitrogen and oxygen atoms in total. The van der Waals surface area contributed by atoms with Crippen molar-refractivity contribution in [3.05, 3.63) is 0 Å². The minimum absolute atomic E-state index is 0.00796. The van der Waals surface area contributed by atoms with Gasteiger partial charge in [-0.05, 0) is 25.7 Å². The van der Waals surface area contributed by atoms with Crippen LogP contribution in [-0.4, -0.2) is 48.6 Å². The number of hydrogen-bond acceptors (Lipinski definition) is 3. The summed E-state index contributed by atoms with van der Waals surface area (Å²) in [4.78, 5) is 25.7. The third-order valence-electron chi connectivity index (χ3n) is 3.46. The fraction of sp³-hybridized carbons (Fsp3) is 0.833. The van der Waals surface area contributed by atoms with Gasteiger partial charge in [-0.3, -0.25) is 9.59 Å². The highest BCUT2D eigenvalue weighted by Gasteiger charge is 2.35. The van der Waals surface area contributed by atoms with Crippen LogP contribution in [0.1, 0.15) is 32.6 Å². The van der Waals surface area contributed by atoms with Gasteiger partial charge in [-0.25, -0.2) is 0 Å². The molecule has 0 bridgehead atoms. The molecule has 0 aromatic rings. The van der Waals surface area contributed by atoms with Gasteiger partial charge in [0.2, 0.25) is 5.91 Å². The minimum atomic E-state index is -0.330. The third kappa shape index (κ3) is 2.60. The lowest BCUT2D eigenvalue weighted by Gasteiger charge is -2.37. The number of hydrogen-bond donors (Lipinski definition) is 1. The SMILES string of the molecule is CCC1C(=O)NCCN1C(=O)C1CCCCO1.